The second-order valence-corrected chi connectivity index (χ2v) is 13.4. The third kappa shape index (κ3) is 4.41. The van der Waals surface area contributed by atoms with Gasteiger partial charge in [-0.2, -0.15) is 0 Å². The molecule has 2 aliphatic rings. The van der Waals surface area contributed by atoms with Crippen LogP contribution in [0.4, 0.5) is 0 Å². The Morgan fingerprint density at radius 3 is 2.12 bits per heavy atom. The van der Waals surface area contributed by atoms with Crippen molar-refractivity contribution in [2.45, 2.75) is 22.1 Å². The van der Waals surface area contributed by atoms with Gasteiger partial charge in [-0.15, -0.1) is 6.42 Å². The molecule has 2 heterocycles. The van der Waals surface area contributed by atoms with Crippen LogP contribution < -0.4 is 0 Å². The quantitative estimate of drug-likeness (QED) is 0.141. The second kappa shape index (κ2) is 11.5. The lowest BCUT2D eigenvalue weighted by molar-refractivity contribution is 0.723. The Morgan fingerprint density at radius 2 is 1.37 bits per heavy atom. The van der Waals surface area contributed by atoms with Gasteiger partial charge in [0.15, 0.2) is 5.82 Å². The standard InChI is InChI=1S/C46H28N2S/c1-3-31(32-16-5-4-6-17-32)29-28-30(2)45-47-40-25-12-8-19-35(40)44(48-45)36-21-15-20-34-33-18-7-9-22-37(33)46(43(34)36)38-23-10-13-26-41(38)49-42-27-14-11-24-39(42)46/h1,4-5,7-16,18-29H,2H3/b30-28+,31-29+. The third-order valence-electron chi connectivity index (χ3n) is 9.67. The van der Waals surface area contributed by atoms with E-state index in [0.717, 1.165) is 38.9 Å². The van der Waals surface area contributed by atoms with Crippen LogP contribution in [0.3, 0.4) is 0 Å². The van der Waals surface area contributed by atoms with E-state index >= 15 is 0 Å². The first-order valence-electron chi connectivity index (χ1n) is 16.3. The summed E-state index contributed by atoms with van der Waals surface area (Å²) in [5, 5.41) is 1.01. The van der Waals surface area contributed by atoms with Crippen molar-refractivity contribution in [1.29, 1.82) is 0 Å². The highest BCUT2D eigenvalue weighted by atomic mass is 32.2. The molecule has 7 aromatic rings. The summed E-state index contributed by atoms with van der Waals surface area (Å²) in [7, 11) is 0. The number of aromatic nitrogens is 2. The van der Waals surface area contributed by atoms with Gasteiger partial charge in [-0.25, -0.2) is 9.97 Å². The zero-order valence-corrected chi connectivity index (χ0v) is 27.6. The Morgan fingerprint density at radius 1 is 0.694 bits per heavy atom. The van der Waals surface area contributed by atoms with Crippen LogP contribution in [0.2, 0.25) is 0 Å². The van der Waals surface area contributed by atoms with E-state index in [2.05, 4.69) is 127 Å². The molecule has 0 radical (unpaired) electrons. The van der Waals surface area contributed by atoms with E-state index in [0.29, 0.717) is 5.82 Å². The third-order valence-corrected chi connectivity index (χ3v) is 10.8. The number of para-hydroxylation sites is 1. The van der Waals surface area contributed by atoms with Crippen LogP contribution in [0.15, 0.2) is 155 Å². The number of fused-ring (bicyclic) bond motifs is 10. The van der Waals surface area contributed by atoms with Crippen molar-refractivity contribution in [1.82, 2.24) is 9.97 Å². The molecule has 0 atom stereocenters. The molecule has 0 saturated carbocycles. The average molecular weight is 641 g/mol. The van der Waals surface area contributed by atoms with Crippen molar-refractivity contribution >= 4 is 33.8 Å². The molecule has 228 valence electrons. The summed E-state index contributed by atoms with van der Waals surface area (Å²) in [5.41, 5.74) is 12.5. The predicted octanol–water partition coefficient (Wildman–Crippen LogP) is 10.8. The van der Waals surface area contributed by atoms with E-state index in [-0.39, 0.29) is 0 Å². The molecular formula is C46H28N2S. The lowest BCUT2D eigenvalue weighted by atomic mass is 9.66. The largest absolute Gasteiger partial charge is 0.228 e. The number of allylic oxidation sites excluding steroid dienone is 4. The van der Waals surface area contributed by atoms with Crippen LogP contribution in [-0.2, 0) is 5.41 Å². The molecule has 3 heteroatoms. The smallest absolute Gasteiger partial charge is 0.156 e. The minimum absolute atomic E-state index is 0.522. The summed E-state index contributed by atoms with van der Waals surface area (Å²) in [5.74, 6) is 3.46. The number of terminal acetylenes is 1. The zero-order chi connectivity index (χ0) is 33.0. The first-order chi connectivity index (χ1) is 24.2. The number of hydrogen-bond acceptors (Lipinski definition) is 3. The Bertz CT molecular complexity index is 2510. The van der Waals surface area contributed by atoms with E-state index < -0.39 is 5.41 Å². The fraction of sp³-hybridized carbons (Fsp3) is 0.0435. The number of rotatable bonds is 4. The molecule has 0 bridgehead atoms. The first-order valence-corrected chi connectivity index (χ1v) is 17.1. The van der Waals surface area contributed by atoms with Crippen LogP contribution >= 0.6 is 11.8 Å². The van der Waals surface area contributed by atoms with Crippen LogP contribution in [0, 0.1) is 24.5 Å². The molecule has 9 rings (SSSR count). The molecule has 0 amide bonds. The van der Waals surface area contributed by atoms with Gasteiger partial charge in [-0.3, -0.25) is 0 Å². The highest BCUT2D eigenvalue weighted by Crippen LogP contribution is 2.63. The van der Waals surface area contributed by atoms with E-state index in [4.69, 9.17) is 16.4 Å². The Labute approximate surface area is 290 Å². The Kier molecular flexibility index (Phi) is 6.84. The summed E-state index contributed by atoms with van der Waals surface area (Å²) in [4.78, 5) is 13.0. The minimum atomic E-state index is -0.522. The van der Waals surface area contributed by atoms with Crippen molar-refractivity contribution < 1.29 is 0 Å². The molecule has 6 aromatic carbocycles. The molecule has 49 heavy (non-hydrogen) atoms. The highest BCUT2D eigenvalue weighted by molar-refractivity contribution is 7.99. The maximum absolute atomic E-state index is 5.91. The lowest BCUT2D eigenvalue weighted by Crippen LogP contribution is -2.32. The lowest BCUT2D eigenvalue weighted by Gasteiger charge is -2.40. The summed E-state index contributed by atoms with van der Waals surface area (Å²) in [6.45, 7) is 2.04. The van der Waals surface area contributed by atoms with Crippen LogP contribution in [0.25, 0.3) is 44.4 Å². The normalized spacial score (nSPS) is 14.0. The minimum Gasteiger partial charge on any atom is -0.228 e. The maximum atomic E-state index is 5.91. The van der Waals surface area contributed by atoms with Gasteiger partial charge in [0.1, 0.15) is 0 Å². The molecule has 1 aliphatic carbocycles. The molecule has 1 aromatic heterocycles. The summed E-state index contributed by atoms with van der Waals surface area (Å²) in [6.07, 6.45) is 9.85. The fourth-order valence-corrected chi connectivity index (χ4v) is 8.77. The topological polar surface area (TPSA) is 25.8 Å². The van der Waals surface area contributed by atoms with Gasteiger partial charge >= 0.3 is 0 Å². The average Bonchev–Trinajstić information content (AvgIpc) is 3.46. The van der Waals surface area contributed by atoms with Gasteiger partial charge in [-0.05, 0) is 82.3 Å². The van der Waals surface area contributed by atoms with E-state index in [9.17, 15) is 0 Å². The van der Waals surface area contributed by atoms with Gasteiger partial charge in [0.2, 0.25) is 0 Å². The van der Waals surface area contributed by atoms with Gasteiger partial charge in [0.25, 0.3) is 0 Å². The van der Waals surface area contributed by atoms with Crippen LogP contribution in [0.5, 0.6) is 0 Å². The molecule has 0 fully saturated rings. The SMILES string of the molecule is C#C/C(=C\C=C(/C)c1nc(-c2cccc3c2C2(c4ccccc4Sc4ccccc42)c2ccccc2-3)c2ccccc2n1)c1c#cccc1. The van der Waals surface area contributed by atoms with E-state index in [1.165, 1.54) is 43.2 Å². The highest BCUT2D eigenvalue weighted by Gasteiger charge is 2.51. The second-order valence-electron chi connectivity index (χ2n) is 12.3. The van der Waals surface area contributed by atoms with E-state index in [1.807, 2.05) is 55.1 Å². The fourth-order valence-electron chi connectivity index (χ4n) is 7.58. The molecule has 0 saturated heterocycles. The molecule has 2 nitrogen and oxygen atoms in total. The van der Waals surface area contributed by atoms with Crippen LogP contribution in [-0.4, -0.2) is 9.97 Å². The van der Waals surface area contributed by atoms with Crippen molar-refractivity contribution in [3.05, 3.63) is 191 Å². The maximum Gasteiger partial charge on any atom is 0.156 e. The summed E-state index contributed by atoms with van der Waals surface area (Å²) < 4.78 is 0. The summed E-state index contributed by atoms with van der Waals surface area (Å²) in [6, 6.07) is 53.5. The van der Waals surface area contributed by atoms with Crippen molar-refractivity contribution in [2.24, 2.45) is 0 Å². The Hall–Kier alpha value is -6.13. The summed E-state index contributed by atoms with van der Waals surface area (Å²) >= 11 is 1.85. The predicted molar refractivity (Wildman–Crippen MR) is 201 cm³/mol. The van der Waals surface area contributed by atoms with Gasteiger partial charge in [-0.1, -0.05) is 139 Å². The monoisotopic (exact) mass is 640 g/mol. The zero-order valence-electron chi connectivity index (χ0n) is 26.7. The van der Waals surface area contributed by atoms with Crippen LogP contribution in [0.1, 0.15) is 40.6 Å². The number of benzene rings is 5. The molecule has 0 unspecified atom stereocenters. The molecule has 1 spiro atoms. The number of hydrogen-bond donors (Lipinski definition) is 0. The van der Waals surface area contributed by atoms with Crippen molar-refractivity contribution in [3.8, 4) is 34.7 Å². The van der Waals surface area contributed by atoms with Gasteiger partial charge in [0, 0.05) is 31.9 Å². The molecular weight excluding hydrogens is 613 g/mol. The van der Waals surface area contributed by atoms with Crippen molar-refractivity contribution in [2.75, 3.05) is 0 Å². The number of nitrogens with zero attached hydrogens (tertiary/aromatic N) is 2. The molecule has 1 aliphatic heterocycles. The van der Waals surface area contributed by atoms with Gasteiger partial charge in [0.05, 0.1) is 16.6 Å². The van der Waals surface area contributed by atoms with Gasteiger partial charge < -0.3 is 0 Å². The Balaban J connectivity index is 1.33. The van der Waals surface area contributed by atoms with Crippen molar-refractivity contribution in [3.63, 3.8) is 0 Å². The first kappa shape index (κ1) is 29.0. The van der Waals surface area contributed by atoms with E-state index in [1.54, 1.807) is 0 Å². The molecule has 0 N–H and O–H groups in total.